The first-order valence-corrected chi connectivity index (χ1v) is 8.85. The Balaban J connectivity index is 2.24. The number of rotatable bonds is 2. The molecule has 0 unspecified atom stereocenters. The molecule has 0 spiro atoms. The summed E-state index contributed by atoms with van der Waals surface area (Å²) in [6.07, 6.45) is 0. The van der Waals surface area contributed by atoms with Crippen molar-refractivity contribution >= 4 is 52.4 Å². The molecule has 138 valence electrons. The van der Waals surface area contributed by atoms with E-state index in [1.54, 1.807) is 45.0 Å². The number of urea groups is 1. The van der Waals surface area contributed by atoms with E-state index in [0.29, 0.717) is 5.69 Å². The van der Waals surface area contributed by atoms with Gasteiger partial charge in [-0.1, -0.05) is 53.0 Å². The monoisotopic (exact) mass is 413 g/mol. The lowest BCUT2D eigenvalue weighted by Crippen LogP contribution is -2.56. The molecule has 5 nitrogen and oxygen atoms in total. The molecule has 0 aromatic heterocycles. The minimum Gasteiger partial charge on any atom is -0.307 e. The van der Waals surface area contributed by atoms with Gasteiger partial charge >= 0.3 is 6.03 Å². The zero-order valence-electron chi connectivity index (χ0n) is 14.4. The zero-order chi connectivity index (χ0) is 19.5. The van der Waals surface area contributed by atoms with Gasteiger partial charge in [0.15, 0.2) is 0 Å². The number of hydrazine groups is 1. The standard InChI is InChI=1S/C18H18Cl3N3O2/c1-18(2,3)24(23-17(26)22-12-7-5-4-6-8-12)16(25)11-9-13(19)15(21)14(20)10-11/h4-10H,1-3H3,(H2,22,23,26). The van der Waals surface area contributed by atoms with Gasteiger partial charge in [-0.05, 0) is 45.0 Å². The summed E-state index contributed by atoms with van der Waals surface area (Å²) in [6.45, 7) is 5.35. The van der Waals surface area contributed by atoms with Crippen LogP contribution in [-0.2, 0) is 0 Å². The lowest BCUT2D eigenvalue weighted by molar-refractivity contribution is 0.0460. The van der Waals surface area contributed by atoms with Gasteiger partial charge in [-0.2, -0.15) is 0 Å². The van der Waals surface area contributed by atoms with Crippen LogP contribution in [0.25, 0.3) is 0 Å². The zero-order valence-corrected chi connectivity index (χ0v) is 16.7. The molecule has 0 radical (unpaired) electrons. The Morgan fingerprint density at radius 1 is 0.962 bits per heavy atom. The van der Waals surface area contributed by atoms with Crippen molar-refractivity contribution in [3.05, 3.63) is 63.1 Å². The molecule has 0 aliphatic carbocycles. The van der Waals surface area contributed by atoms with Crippen molar-refractivity contribution in [3.63, 3.8) is 0 Å². The van der Waals surface area contributed by atoms with Gasteiger partial charge in [-0.3, -0.25) is 4.79 Å². The lowest BCUT2D eigenvalue weighted by atomic mass is 10.1. The van der Waals surface area contributed by atoms with E-state index in [2.05, 4.69) is 10.7 Å². The molecule has 0 fully saturated rings. The van der Waals surface area contributed by atoms with Crippen molar-refractivity contribution in [2.75, 3.05) is 5.32 Å². The molecular weight excluding hydrogens is 397 g/mol. The molecule has 26 heavy (non-hydrogen) atoms. The van der Waals surface area contributed by atoms with Gasteiger partial charge < -0.3 is 5.32 Å². The van der Waals surface area contributed by atoms with Gasteiger partial charge in [0, 0.05) is 11.3 Å². The molecule has 2 aromatic carbocycles. The number of nitrogens with one attached hydrogen (secondary N) is 2. The van der Waals surface area contributed by atoms with Crippen LogP contribution in [0.1, 0.15) is 31.1 Å². The molecule has 3 amide bonds. The second kappa shape index (κ2) is 8.16. The summed E-state index contributed by atoms with van der Waals surface area (Å²) in [5.41, 5.74) is 2.68. The molecule has 8 heteroatoms. The average molecular weight is 415 g/mol. The second-order valence-corrected chi connectivity index (χ2v) is 7.69. The quantitative estimate of drug-likeness (QED) is 0.494. The molecule has 2 aromatic rings. The molecule has 2 N–H and O–H groups in total. The van der Waals surface area contributed by atoms with Crippen molar-refractivity contribution in [3.8, 4) is 0 Å². The van der Waals surface area contributed by atoms with E-state index in [4.69, 9.17) is 34.8 Å². The summed E-state index contributed by atoms with van der Waals surface area (Å²) in [6, 6.07) is 11.2. The topological polar surface area (TPSA) is 61.4 Å². The highest BCUT2D eigenvalue weighted by atomic mass is 35.5. The predicted octanol–water partition coefficient (Wildman–Crippen LogP) is 5.62. The largest absolute Gasteiger partial charge is 0.338 e. The highest BCUT2D eigenvalue weighted by Crippen LogP contribution is 2.32. The first-order chi connectivity index (χ1) is 12.1. The minimum atomic E-state index is -0.705. The maximum absolute atomic E-state index is 12.9. The fourth-order valence-electron chi connectivity index (χ4n) is 2.11. The summed E-state index contributed by atoms with van der Waals surface area (Å²) in [7, 11) is 0. The second-order valence-electron chi connectivity index (χ2n) is 6.50. The van der Waals surface area contributed by atoms with Crippen molar-refractivity contribution in [2.45, 2.75) is 26.3 Å². The van der Waals surface area contributed by atoms with Crippen LogP contribution in [0.4, 0.5) is 10.5 Å². The van der Waals surface area contributed by atoms with Gasteiger partial charge in [0.05, 0.1) is 20.6 Å². The number of hydrogen-bond acceptors (Lipinski definition) is 2. The molecule has 0 heterocycles. The number of halogens is 3. The summed E-state index contributed by atoms with van der Waals surface area (Å²) in [5, 5.41) is 4.36. The van der Waals surface area contributed by atoms with E-state index < -0.39 is 17.5 Å². The van der Waals surface area contributed by atoms with E-state index in [0.717, 1.165) is 0 Å². The predicted molar refractivity (Wildman–Crippen MR) is 106 cm³/mol. The number of amides is 3. The molecule has 0 aliphatic rings. The summed E-state index contributed by atoms with van der Waals surface area (Å²) in [5.74, 6) is -0.471. The van der Waals surface area contributed by atoms with Gasteiger partial charge in [-0.25, -0.2) is 15.2 Å². The van der Waals surface area contributed by atoms with E-state index in [-0.39, 0.29) is 20.6 Å². The van der Waals surface area contributed by atoms with Crippen molar-refractivity contribution in [2.24, 2.45) is 0 Å². The smallest absolute Gasteiger partial charge is 0.307 e. The third kappa shape index (κ3) is 5.04. The fraction of sp³-hybridized carbons (Fsp3) is 0.222. The van der Waals surface area contributed by atoms with Crippen molar-refractivity contribution < 1.29 is 9.59 Å². The summed E-state index contributed by atoms with van der Waals surface area (Å²) < 4.78 is 0. The van der Waals surface area contributed by atoms with Crippen LogP contribution in [0.3, 0.4) is 0 Å². The average Bonchev–Trinajstić information content (AvgIpc) is 2.56. The third-order valence-electron chi connectivity index (χ3n) is 3.35. The molecule has 0 saturated heterocycles. The van der Waals surface area contributed by atoms with Crippen LogP contribution in [0.15, 0.2) is 42.5 Å². The normalized spacial score (nSPS) is 11.0. The highest BCUT2D eigenvalue weighted by molar-refractivity contribution is 6.48. The number of benzene rings is 2. The molecule has 0 bridgehead atoms. The van der Waals surface area contributed by atoms with E-state index >= 15 is 0 Å². The minimum absolute atomic E-state index is 0.158. The number of anilines is 1. The first-order valence-electron chi connectivity index (χ1n) is 7.71. The number of carbonyl (C=O) groups excluding carboxylic acids is 2. The van der Waals surface area contributed by atoms with Crippen LogP contribution in [0.2, 0.25) is 15.1 Å². The van der Waals surface area contributed by atoms with Gasteiger partial charge in [0.25, 0.3) is 5.91 Å². The van der Waals surface area contributed by atoms with E-state index in [1.807, 2.05) is 6.07 Å². The maximum atomic E-state index is 12.9. The summed E-state index contributed by atoms with van der Waals surface area (Å²) in [4.78, 5) is 25.2. The van der Waals surface area contributed by atoms with Gasteiger partial charge in [-0.15, -0.1) is 0 Å². The van der Waals surface area contributed by atoms with Crippen molar-refractivity contribution in [1.82, 2.24) is 10.4 Å². The Hall–Kier alpha value is -1.95. The van der Waals surface area contributed by atoms with Crippen LogP contribution in [0, 0.1) is 0 Å². The van der Waals surface area contributed by atoms with E-state index in [1.165, 1.54) is 17.1 Å². The first kappa shape index (κ1) is 20.4. The fourth-order valence-corrected chi connectivity index (χ4v) is 2.71. The van der Waals surface area contributed by atoms with E-state index in [9.17, 15) is 9.59 Å². The number of carbonyl (C=O) groups is 2. The Morgan fingerprint density at radius 2 is 1.50 bits per heavy atom. The molecule has 0 aliphatic heterocycles. The highest BCUT2D eigenvalue weighted by Gasteiger charge is 2.30. The number of para-hydroxylation sites is 1. The van der Waals surface area contributed by atoms with Crippen molar-refractivity contribution in [1.29, 1.82) is 0 Å². The number of hydrogen-bond donors (Lipinski definition) is 2. The Bertz CT molecular complexity index is 797. The Labute approximate surface area is 167 Å². The van der Waals surface area contributed by atoms with Crippen LogP contribution >= 0.6 is 34.8 Å². The van der Waals surface area contributed by atoms with Crippen LogP contribution < -0.4 is 10.7 Å². The summed E-state index contributed by atoms with van der Waals surface area (Å²) >= 11 is 17.9. The van der Waals surface area contributed by atoms with Crippen LogP contribution in [0.5, 0.6) is 0 Å². The lowest BCUT2D eigenvalue weighted by Gasteiger charge is -2.35. The number of nitrogens with zero attached hydrogens (tertiary/aromatic N) is 1. The third-order valence-corrected chi connectivity index (χ3v) is 4.55. The SMILES string of the molecule is CC(C)(C)N(NC(=O)Nc1ccccc1)C(=O)c1cc(Cl)c(Cl)c(Cl)c1. The maximum Gasteiger partial charge on any atom is 0.338 e. The van der Waals surface area contributed by atoms with Gasteiger partial charge in [0.1, 0.15) is 0 Å². The Morgan fingerprint density at radius 3 is 2.00 bits per heavy atom. The molecule has 0 saturated carbocycles. The van der Waals surface area contributed by atoms with Gasteiger partial charge in [0.2, 0.25) is 0 Å². The molecular formula is C18H18Cl3N3O2. The molecule has 0 atom stereocenters. The molecule has 2 rings (SSSR count). The Kier molecular flexibility index (Phi) is 6.39. The van der Waals surface area contributed by atoms with Crippen LogP contribution in [-0.4, -0.2) is 22.5 Å².